The van der Waals surface area contributed by atoms with Crippen molar-refractivity contribution in [2.24, 2.45) is 17.3 Å². The van der Waals surface area contributed by atoms with Crippen LogP contribution in [-0.2, 0) is 16.0 Å². The van der Waals surface area contributed by atoms with Crippen LogP contribution in [0.1, 0.15) is 44.1 Å². The van der Waals surface area contributed by atoms with Gasteiger partial charge in [0.1, 0.15) is 6.04 Å². The van der Waals surface area contributed by atoms with Gasteiger partial charge in [0.25, 0.3) is 0 Å². The molecule has 1 aliphatic carbocycles. The molecule has 1 saturated carbocycles. The molecule has 158 valence electrons. The molecule has 2 atom stereocenters. The molecule has 2 N–H and O–H groups in total. The molecule has 2 unspecified atom stereocenters. The van der Waals surface area contributed by atoms with Gasteiger partial charge in [-0.3, -0.25) is 24.7 Å². The molecule has 7 heteroatoms. The van der Waals surface area contributed by atoms with Crippen LogP contribution < -0.4 is 5.48 Å². The molecule has 3 heterocycles. The molecule has 3 aliphatic rings. The second-order valence-corrected chi connectivity index (χ2v) is 9.31. The zero-order chi connectivity index (χ0) is 20.4. The Balaban J connectivity index is 1.33. The summed E-state index contributed by atoms with van der Waals surface area (Å²) in [6.07, 6.45) is 10.8. The summed E-state index contributed by atoms with van der Waals surface area (Å²) in [6, 6.07) is 3.66. The van der Waals surface area contributed by atoms with Gasteiger partial charge in [-0.05, 0) is 81.0 Å². The quantitative estimate of drug-likeness (QED) is 0.582. The first-order valence-electron chi connectivity index (χ1n) is 10.8. The number of aromatic nitrogens is 1. The Morgan fingerprint density at radius 1 is 1.24 bits per heavy atom. The van der Waals surface area contributed by atoms with E-state index in [0.29, 0.717) is 12.3 Å². The number of rotatable bonds is 5. The van der Waals surface area contributed by atoms with Crippen LogP contribution in [0.15, 0.2) is 24.5 Å². The van der Waals surface area contributed by atoms with E-state index < -0.39 is 17.9 Å². The van der Waals surface area contributed by atoms with E-state index >= 15 is 0 Å². The molecule has 29 heavy (non-hydrogen) atoms. The van der Waals surface area contributed by atoms with Crippen LogP contribution in [0.3, 0.4) is 0 Å². The fraction of sp³-hybridized carbons (Fsp3) is 0.682. The van der Waals surface area contributed by atoms with Crippen LogP contribution in [0.25, 0.3) is 0 Å². The predicted molar refractivity (Wildman–Crippen MR) is 108 cm³/mol. The number of hydroxylamine groups is 1. The number of aryl methyl sites for hydroxylation is 1. The lowest BCUT2D eigenvalue weighted by Crippen LogP contribution is -2.60. The molecule has 2 aliphatic heterocycles. The van der Waals surface area contributed by atoms with Gasteiger partial charge in [-0.1, -0.05) is 0 Å². The SMILES string of the molecule is CN1CC2(CC2)CC(C(=O)NO)C1C(=O)N1CCC(CCc2ccncc2)CC1. The minimum absolute atomic E-state index is 0.0455. The molecule has 0 radical (unpaired) electrons. The second-order valence-electron chi connectivity index (χ2n) is 9.31. The van der Waals surface area contributed by atoms with Crippen LogP contribution in [0.4, 0.5) is 0 Å². The highest BCUT2D eigenvalue weighted by molar-refractivity contribution is 5.90. The van der Waals surface area contributed by atoms with E-state index in [-0.39, 0.29) is 11.3 Å². The van der Waals surface area contributed by atoms with Crippen LogP contribution >= 0.6 is 0 Å². The predicted octanol–water partition coefficient (Wildman–Crippen LogP) is 1.86. The van der Waals surface area contributed by atoms with Crippen molar-refractivity contribution in [2.45, 2.75) is 51.0 Å². The summed E-state index contributed by atoms with van der Waals surface area (Å²) in [5, 5.41) is 9.21. The number of hydrogen-bond acceptors (Lipinski definition) is 5. The van der Waals surface area contributed by atoms with E-state index in [2.05, 4.69) is 17.1 Å². The summed E-state index contributed by atoms with van der Waals surface area (Å²) in [5.41, 5.74) is 3.29. The van der Waals surface area contributed by atoms with E-state index in [0.717, 1.165) is 58.2 Å². The molecule has 0 aromatic carbocycles. The lowest BCUT2D eigenvalue weighted by Gasteiger charge is -2.44. The molecule has 1 aromatic heterocycles. The fourth-order valence-electron chi connectivity index (χ4n) is 5.35. The standard InChI is InChI=1S/C22H32N4O3/c1-25-15-22(8-9-22)14-18(20(27)24-29)19(25)21(28)26-12-6-17(7-13-26)3-2-16-4-10-23-11-5-16/h4-5,10-11,17-19,29H,2-3,6-9,12-15H2,1H3,(H,24,27). The molecular weight excluding hydrogens is 368 g/mol. The summed E-state index contributed by atoms with van der Waals surface area (Å²) in [7, 11) is 1.95. The van der Waals surface area contributed by atoms with Crippen molar-refractivity contribution in [3.63, 3.8) is 0 Å². The van der Waals surface area contributed by atoms with Gasteiger partial charge in [0.2, 0.25) is 11.8 Å². The Morgan fingerprint density at radius 3 is 2.55 bits per heavy atom. The minimum Gasteiger partial charge on any atom is -0.341 e. The fourth-order valence-corrected chi connectivity index (χ4v) is 5.35. The number of piperidine rings is 2. The lowest BCUT2D eigenvalue weighted by atomic mass is 9.79. The Bertz CT molecular complexity index is 729. The normalized spacial score (nSPS) is 27.0. The monoisotopic (exact) mass is 400 g/mol. The van der Waals surface area contributed by atoms with Crippen molar-refractivity contribution in [1.29, 1.82) is 0 Å². The molecule has 2 amide bonds. The highest BCUT2D eigenvalue weighted by atomic mass is 16.5. The van der Waals surface area contributed by atoms with Gasteiger partial charge in [0, 0.05) is 32.0 Å². The average molecular weight is 401 g/mol. The first kappa shape index (κ1) is 20.3. The van der Waals surface area contributed by atoms with Crippen LogP contribution in [-0.4, -0.2) is 64.5 Å². The molecule has 1 aromatic rings. The third-order valence-electron chi connectivity index (χ3n) is 7.27. The minimum atomic E-state index is -0.474. The molecule has 7 nitrogen and oxygen atoms in total. The van der Waals surface area contributed by atoms with E-state index in [9.17, 15) is 14.8 Å². The number of hydrogen-bond donors (Lipinski definition) is 2. The van der Waals surface area contributed by atoms with E-state index in [4.69, 9.17) is 0 Å². The zero-order valence-electron chi connectivity index (χ0n) is 17.2. The van der Waals surface area contributed by atoms with Crippen molar-refractivity contribution in [3.05, 3.63) is 30.1 Å². The number of carbonyl (C=O) groups is 2. The zero-order valence-corrected chi connectivity index (χ0v) is 17.2. The average Bonchev–Trinajstić information content (AvgIpc) is 3.50. The summed E-state index contributed by atoms with van der Waals surface area (Å²) >= 11 is 0. The van der Waals surface area contributed by atoms with Gasteiger partial charge >= 0.3 is 0 Å². The number of nitrogens with one attached hydrogen (secondary N) is 1. The lowest BCUT2D eigenvalue weighted by molar-refractivity contribution is -0.151. The number of likely N-dealkylation sites (tertiary alicyclic amines) is 2. The van der Waals surface area contributed by atoms with Crippen LogP contribution in [0.2, 0.25) is 0 Å². The van der Waals surface area contributed by atoms with Gasteiger partial charge in [0.05, 0.1) is 5.92 Å². The number of carbonyl (C=O) groups excluding carboxylic acids is 2. The maximum atomic E-state index is 13.3. The van der Waals surface area contributed by atoms with Gasteiger partial charge < -0.3 is 4.90 Å². The topological polar surface area (TPSA) is 85.8 Å². The Kier molecular flexibility index (Phi) is 5.88. The summed E-state index contributed by atoms with van der Waals surface area (Å²) in [6.45, 7) is 2.37. The Labute approximate surface area is 172 Å². The number of pyridine rings is 1. The molecular formula is C22H32N4O3. The van der Waals surface area contributed by atoms with Crippen molar-refractivity contribution >= 4 is 11.8 Å². The first-order chi connectivity index (χ1) is 14.0. The number of amides is 2. The maximum Gasteiger partial charge on any atom is 0.248 e. The van der Waals surface area contributed by atoms with Crippen molar-refractivity contribution in [1.82, 2.24) is 20.3 Å². The molecule has 0 bridgehead atoms. The van der Waals surface area contributed by atoms with Gasteiger partial charge in [-0.2, -0.15) is 0 Å². The van der Waals surface area contributed by atoms with Gasteiger partial charge in [-0.25, -0.2) is 5.48 Å². The van der Waals surface area contributed by atoms with Crippen LogP contribution in [0, 0.1) is 17.3 Å². The van der Waals surface area contributed by atoms with Crippen molar-refractivity contribution in [3.8, 4) is 0 Å². The molecule has 1 spiro atoms. The highest BCUT2D eigenvalue weighted by Crippen LogP contribution is 2.54. The third kappa shape index (κ3) is 4.46. The summed E-state index contributed by atoms with van der Waals surface area (Å²) < 4.78 is 0. The first-order valence-corrected chi connectivity index (χ1v) is 10.8. The largest absolute Gasteiger partial charge is 0.341 e. The van der Waals surface area contributed by atoms with Crippen molar-refractivity contribution in [2.75, 3.05) is 26.7 Å². The number of nitrogens with zero attached hydrogens (tertiary/aromatic N) is 3. The summed E-state index contributed by atoms with van der Waals surface area (Å²) in [5.74, 6) is -0.224. The van der Waals surface area contributed by atoms with Gasteiger partial charge in [-0.15, -0.1) is 0 Å². The smallest absolute Gasteiger partial charge is 0.248 e. The summed E-state index contributed by atoms with van der Waals surface area (Å²) in [4.78, 5) is 33.7. The van der Waals surface area contributed by atoms with E-state index in [1.165, 1.54) is 5.56 Å². The Hall–Kier alpha value is -1.99. The van der Waals surface area contributed by atoms with Crippen molar-refractivity contribution < 1.29 is 14.8 Å². The Morgan fingerprint density at radius 2 is 1.93 bits per heavy atom. The third-order valence-corrected chi connectivity index (χ3v) is 7.27. The second kappa shape index (κ2) is 8.40. The maximum absolute atomic E-state index is 13.3. The molecule has 4 rings (SSSR count). The highest BCUT2D eigenvalue weighted by Gasteiger charge is 2.55. The molecule has 2 saturated heterocycles. The van der Waals surface area contributed by atoms with Crippen LogP contribution in [0.5, 0.6) is 0 Å². The van der Waals surface area contributed by atoms with E-state index in [1.807, 2.05) is 34.7 Å². The van der Waals surface area contributed by atoms with E-state index in [1.54, 1.807) is 0 Å². The van der Waals surface area contributed by atoms with Gasteiger partial charge in [0.15, 0.2) is 0 Å². The number of likely N-dealkylation sites (N-methyl/N-ethyl adjacent to an activating group) is 1. The molecule has 3 fully saturated rings.